The summed E-state index contributed by atoms with van der Waals surface area (Å²) in [4.78, 5) is 0. The third-order valence-corrected chi connectivity index (χ3v) is 3.76. The van der Waals surface area contributed by atoms with Gasteiger partial charge >= 0.3 is 0 Å². The van der Waals surface area contributed by atoms with E-state index in [1.54, 1.807) is 0 Å². The summed E-state index contributed by atoms with van der Waals surface area (Å²) in [5, 5.41) is 7.98. The highest BCUT2D eigenvalue weighted by Crippen LogP contribution is 2.28. The van der Waals surface area contributed by atoms with Crippen molar-refractivity contribution < 1.29 is 8.78 Å². The van der Waals surface area contributed by atoms with Crippen LogP contribution in [-0.4, -0.2) is 27.1 Å². The molecule has 0 saturated carbocycles. The van der Waals surface area contributed by atoms with E-state index in [4.69, 9.17) is 5.84 Å². The van der Waals surface area contributed by atoms with Crippen LogP contribution in [0.1, 0.15) is 0 Å². The number of hydrogen-bond acceptors (Lipinski definition) is 4. The number of aromatic nitrogens is 3. The molecule has 0 aliphatic rings. The van der Waals surface area contributed by atoms with Gasteiger partial charge in [-0.1, -0.05) is 39.8 Å². The fraction of sp³-hybridized carbons (Fsp3) is 0.200. The van der Waals surface area contributed by atoms with Crippen molar-refractivity contribution >= 4 is 27.7 Å². The van der Waals surface area contributed by atoms with Gasteiger partial charge in [0.25, 0.3) is 0 Å². The first kappa shape index (κ1) is 13.3. The van der Waals surface area contributed by atoms with E-state index >= 15 is 0 Å². The molecular formula is C10H9BrF2N4S. The zero-order valence-electron chi connectivity index (χ0n) is 9.05. The van der Waals surface area contributed by atoms with Gasteiger partial charge in [0.2, 0.25) is 11.6 Å². The Kier molecular flexibility index (Phi) is 4.18. The van der Waals surface area contributed by atoms with Crippen LogP contribution in [0.4, 0.5) is 8.78 Å². The molecule has 1 heterocycles. The summed E-state index contributed by atoms with van der Waals surface area (Å²) < 4.78 is 26.3. The summed E-state index contributed by atoms with van der Waals surface area (Å²) in [5.41, 5.74) is 0.761. The average Bonchev–Trinajstić information content (AvgIpc) is 2.69. The van der Waals surface area contributed by atoms with Gasteiger partial charge in [0.1, 0.15) is 0 Å². The molecule has 2 N–H and O–H groups in total. The van der Waals surface area contributed by atoms with Crippen LogP contribution in [0, 0.1) is 0 Å². The molecule has 96 valence electrons. The molecule has 0 aliphatic carbocycles. The Morgan fingerprint density at radius 2 is 2.06 bits per heavy atom. The lowest BCUT2D eigenvalue weighted by molar-refractivity contribution is 0.176. The number of alkyl halides is 2. The van der Waals surface area contributed by atoms with Gasteiger partial charge in [0.05, 0.1) is 5.75 Å². The van der Waals surface area contributed by atoms with Crippen LogP contribution in [0.25, 0.3) is 11.4 Å². The van der Waals surface area contributed by atoms with E-state index in [0.717, 1.165) is 21.8 Å². The zero-order chi connectivity index (χ0) is 13.1. The van der Waals surface area contributed by atoms with Crippen molar-refractivity contribution in [1.29, 1.82) is 0 Å². The summed E-state index contributed by atoms with van der Waals surface area (Å²) in [7, 11) is 0. The monoisotopic (exact) mass is 334 g/mol. The molecule has 0 saturated heterocycles. The number of nitrogen functional groups attached to an aromatic ring is 1. The van der Waals surface area contributed by atoms with Crippen molar-refractivity contribution in [2.45, 2.75) is 11.6 Å². The molecule has 18 heavy (non-hydrogen) atoms. The minimum absolute atomic E-state index is 0.265. The highest BCUT2D eigenvalue weighted by Gasteiger charge is 2.15. The maximum Gasteiger partial charge on any atom is 0.248 e. The van der Waals surface area contributed by atoms with Crippen LogP contribution in [0.2, 0.25) is 0 Å². The fourth-order valence-corrected chi connectivity index (χ4v) is 2.40. The second-order valence-electron chi connectivity index (χ2n) is 3.36. The smallest absolute Gasteiger partial charge is 0.248 e. The number of nitrogens with two attached hydrogens (primary N) is 1. The number of nitrogens with zero attached hydrogens (tertiary/aromatic N) is 3. The highest BCUT2D eigenvalue weighted by molar-refractivity contribution is 9.10. The van der Waals surface area contributed by atoms with Gasteiger partial charge in [-0.25, -0.2) is 13.5 Å². The molecule has 0 unspecified atom stereocenters. The lowest BCUT2D eigenvalue weighted by atomic mass is 10.2. The molecule has 4 nitrogen and oxygen atoms in total. The van der Waals surface area contributed by atoms with E-state index in [1.807, 2.05) is 24.3 Å². The second-order valence-corrected chi connectivity index (χ2v) is 5.20. The molecule has 2 rings (SSSR count). The standard InChI is InChI=1S/C10H9BrF2N4S/c11-7-4-2-1-3-6(7)9-15-16-10(17(9)14)18-5-8(12)13/h1-4,8H,5,14H2. The van der Waals surface area contributed by atoms with E-state index in [9.17, 15) is 8.78 Å². The maximum absolute atomic E-state index is 12.1. The first-order valence-electron chi connectivity index (χ1n) is 4.96. The number of rotatable bonds is 4. The van der Waals surface area contributed by atoms with Gasteiger partial charge in [-0.05, 0) is 12.1 Å². The Morgan fingerprint density at radius 3 is 2.72 bits per heavy atom. The first-order valence-corrected chi connectivity index (χ1v) is 6.74. The predicted octanol–water partition coefficient (Wildman–Crippen LogP) is 2.78. The lowest BCUT2D eigenvalue weighted by Gasteiger charge is -2.04. The van der Waals surface area contributed by atoms with Crippen molar-refractivity contribution in [3.63, 3.8) is 0 Å². The SMILES string of the molecule is Nn1c(SCC(F)F)nnc1-c1ccccc1Br. The Labute approximate surface area is 115 Å². The van der Waals surface area contributed by atoms with Gasteiger partial charge in [0.15, 0.2) is 5.82 Å². The van der Waals surface area contributed by atoms with Gasteiger partial charge in [0, 0.05) is 10.0 Å². The molecule has 1 aromatic carbocycles. The number of thioether (sulfide) groups is 1. The van der Waals surface area contributed by atoms with Crippen LogP contribution in [0.3, 0.4) is 0 Å². The van der Waals surface area contributed by atoms with E-state index in [1.165, 1.54) is 4.68 Å². The second kappa shape index (κ2) is 5.66. The number of benzene rings is 1. The molecule has 0 bridgehead atoms. The van der Waals surface area contributed by atoms with E-state index in [2.05, 4.69) is 26.1 Å². The Hall–Kier alpha value is -1.15. The summed E-state index contributed by atoms with van der Waals surface area (Å²) in [6.07, 6.45) is -2.40. The molecule has 0 amide bonds. The van der Waals surface area contributed by atoms with Gasteiger partial charge in [-0.2, -0.15) is 0 Å². The van der Waals surface area contributed by atoms with Crippen LogP contribution in [0.15, 0.2) is 33.9 Å². The van der Waals surface area contributed by atoms with Crippen molar-refractivity contribution in [2.24, 2.45) is 0 Å². The van der Waals surface area contributed by atoms with Crippen molar-refractivity contribution in [2.75, 3.05) is 11.6 Å². The van der Waals surface area contributed by atoms with Gasteiger partial charge < -0.3 is 5.84 Å². The maximum atomic E-state index is 12.1. The van der Waals surface area contributed by atoms with E-state index in [-0.39, 0.29) is 10.9 Å². The largest absolute Gasteiger partial charge is 0.335 e. The molecule has 8 heteroatoms. The predicted molar refractivity (Wildman–Crippen MR) is 70.0 cm³/mol. The summed E-state index contributed by atoms with van der Waals surface area (Å²) in [6, 6.07) is 7.35. The van der Waals surface area contributed by atoms with Crippen LogP contribution in [0.5, 0.6) is 0 Å². The zero-order valence-corrected chi connectivity index (χ0v) is 11.5. The molecule has 0 aliphatic heterocycles. The number of hydrogen-bond donors (Lipinski definition) is 1. The summed E-state index contributed by atoms with van der Waals surface area (Å²) in [6.45, 7) is 0. The first-order chi connectivity index (χ1) is 8.59. The Bertz CT molecular complexity index is 546. The number of halogens is 3. The molecule has 0 fully saturated rings. The molecular weight excluding hydrogens is 326 g/mol. The van der Waals surface area contributed by atoms with E-state index < -0.39 is 6.43 Å². The minimum atomic E-state index is -2.40. The van der Waals surface area contributed by atoms with Crippen LogP contribution >= 0.6 is 27.7 Å². The van der Waals surface area contributed by atoms with Crippen molar-refractivity contribution in [1.82, 2.24) is 14.9 Å². The third-order valence-electron chi connectivity index (χ3n) is 2.12. The average molecular weight is 335 g/mol. The van der Waals surface area contributed by atoms with Crippen LogP contribution in [-0.2, 0) is 0 Å². The summed E-state index contributed by atoms with van der Waals surface area (Å²) in [5.74, 6) is 5.87. The topological polar surface area (TPSA) is 56.7 Å². The molecule has 2 aromatic rings. The quantitative estimate of drug-likeness (QED) is 0.690. The van der Waals surface area contributed by atoms with E-state index in [0.29, 0.717) is 5.82 Å². The van der Waals surface area contributed by atoms with Crippen molar-refractivity contribution in [3.05, 3.63) is 28.7 Å². The molecule has 0 radical (unpaired) electrons. The Morgan fingerprint density at radius 1 is 1.33 bits per heavy atom. The minimum Gasteiger partial charge on any atom is -0.335 e. The normalized spacial score (nSPS) is 11.1. The molecule has 1 aromatic heterocycles. The van der Waals surface area contributed by atoms with Gasteiger partial charge in [-0.3, -0.25) is 0 Å². The Balaban J connectivity index is 2.28. The molecule has 0 atom stereocenters. The fourth-order valence-electron chi connectivity index (χ4n) is 1.34. The third kappa shape index (κ3) is 2.81. The highest BCUT2D eigenvalue weighted by atomic mass is 79.9. The summed E-state index contributed by atoms with van der Waals surface area (Å²) >= 11 is 4.25. The van der Waals surface area contributed by atoms with Crippen molar-refractivity contribution in [3.8, 4) is 11.4 Å². The van der Waals surface area contributed by atoms with Crippen LogP contribution < -0.4 is 5.84 Å². The molecule has 0 spiro atoms. The lowest BCUT2D eigenvalue weighted by Crippen LogP contribution is -2.12. The van der Waals surface area contributed by atoms with Gasteiger partial charge in [-0.15, -0.1) is 10.2 Å².